The fourth-order valence-electron chi connectivity index (χ4n) is 3.43. The van der Waals surface area contributed by atoms with Crippen molar-refractivity contribution in [3.8, 4) is 11.5 Å². The van der Waals surface area contributed by atoms with Gasteiger partial charge in [-0.25, -0.2) is 4.98 Å². The van der Waals surface area contributed by atoms with Crippen molar-refractivity contribution in [2.24, 2.45) is 11.8 Å². The molecule has 1 saturated carbocycles. The Balaban J connectivity index is 1.66. The molecule has 0 spiro atoms. The molecule has 0 saturated heterocycles. The lowest BCUT2D eigenvalue weighted by Gasteiger charge is -2.34. The first-order valence-corrected chi connectivity index (χ1v) is 10.0. The maximum absolute atomic E-state index is 12.7. The molecule has 3 rings (SSSR count). The molecule has 1 aliphatic carbocycles. The van der Waals surface area contributed by atoms with Crippen molar-refractivity contribution >= 4 is 17.2 Å². The van der Waals surface area contributed by atoms with Gasteiger partial charge < -0.3 is 14.8 Å². The summed E-state index contributed by atoms with van der Waals surface area (Å²) in [5.41, 5.74) is 3.24. The molecule has 3 unspecified atom stereocenters. The molecule has 26 heavy (non-hydrogen) atoms. The van der Waals surface area contributed by atoms with Gasteiger partial charge in [0.1, 0.15) is 6.61 Å². The monoisotopic (exact) mass is 374 g/mol. The van der Waals surface area contributed by atoms with Crippen LogP contribution in [0.4, 0.5) is 0 Å². The highest BCUT2D eigenvalue weighted by molar-refractivity contribution is 7.07. The average Bonchev–Trinajstić information content (AvgIpc) is 3.17. The number of carbonyl (C=O) groups is 1. The third-order valence-corrected chi connectivity index (χ3v) is 5.94. The molecule has 1 aromatic heterocycles. The minimum absolute atomic E-state index is 0.0553. The highest BCUT2D eigenvalue weighted by Gasteiger charge is 2.28. The lowest BCUT2D eigenvalue weighted by Crippen LogP contribution is -2.43. The Morgan fingerprint density at radius 2 is 2.15 bits per heavy atom. The van der Waals surface area contributed by atoms with E-state index >= 15 is 0 Å². The molecule has 0 aliphatic heterocycles. The van der Waals surface area contributed by atoms with E-state index in [9.17, 15) is 4.79 Å². The zero-order valence-corrected chi connectivity index (χ0v) is 16.3. The van der Waals surface area contributed by atoms with Crippen LogP contribution in [-0.2, 0) is 6.61 Å². The first-order valence-electron chi connectivity index (χ1n) is 9.07. The fraction of sp³-hybridized carbons (Fsp3) is 0.500. The maximum atomic E-state index is 12.7. The molecule has 1 aromatic carbocycles. The fourth-order valence-corrected chi connectivity index (χ4v) is 3.97. The summed E-state index contributed by atoms with van der Waals surface area (Å²) in [4.78, 5) is 16.9. The number of rotatable bonds is 6. The van der Waals surface area contributed by atoms with E-state index < -0.39 is 0 Å². The van der Waals surface area contributed by atoms with Crippen molar-refractivity contribution in [2.45, 2.75) is 45.8 Å². The molecule has 6 heteroatoms. The number of thiazole rings is 1. The van der Waals surface area contributed by atoms with Gasteiger partial charge >= 0.3 is 0 Å². The second kappa shape index (κ2) is 8.54. The van der Waals surface area contributed by atoms with Crippen LogP contribution in [-0.4, -0.2) is 24.0 Å². The zero-order valence-electron chi connectivity index (χ0n) is 15.5. The Labute approximate surface area is 158 Å². The van der Waals surface area contributed by atoms with Crippen LogP contribution in [0.1, 0.15) is 49.2 Å². The molecule has 1 heterocycles. The second-order valence-electron chi connectivity index (χ2n) is 6.98. The Morgan fingerprint density at radius 3 is 2.88 bits per heavy atom. The zero-order chi connectivity index (χ0) is 18.5. The summed E-state index contributed by atoms with van der Waals surface area (Å²) in [5.74, 6) is 2.25. The third-order valence-electron chi connectivity index (χ3n) is 5.31. The van der Waals surface area contributed by atoms with E-state index in [0.717, 1.165) is 12.1 Å². The predicted octanol–water partition coefficient (Wildman–Crippen LogP) is 4.29. The van der Waals surface area contributed by atoms with Crippen LogP contribution in [0.5, 0.6) is 11.5 Å². The van der Waals surface area contributed by atoms with Crippen molar-refractivity contribution in [3.63, 3.8) is 0 Å². The number of aromatic nitrogens is 1. The van der Waals surface area contributed by atoms with Gasteiger partial charge in [0.25, 0.3) is 5.91 Å². The number of nitrogens with one attached hydrogen (secondary N) is 1. The summed E-state index contributed by atoms with van der Waals surface area (Å²) < 4.78 is 11.2. The van der Waals surface area contributed by atoms with Crippen LogP contribution >= 0.6 is 11.3 Å². The summed E-state index contributed by atoms with van der Waals surface area (Å²) in [5, 5.41) is 5.14. The lowest BCUT2D eigenvalue weighted by atomic mass is 9.78. The van der Waals surface area contributed by atoms with Gasteiger partial charge in [0.15, 0.2) is 11.5 Å². The van der Waals surface area contributed by atoms with Crippen LogP contribution in [0.15, 0.2) is 29.1 Å². The largest absolute Gasteiger partial charge is 0.493 e. The van der Waals surface area contributed by atoms with Crippen LogP contribution < -0.4 is 14.8 Å². The van der Waals surface area contributed by atoms with E-state index in [1.54, 1.807) is 30.8 Å². The highest BCUT2D eigenvalue weighted by Crippen LogP contribution is 2.31. The van der Waals surface area contributed by atoms with Crippen LogP contribution in [0.25, 0.3) is 0 Å². The molecule has 1 N–H and O–H groups in total. The van der Waals surface area contributed by atoms with E-state index in [-0.39, 0.29) is 11.9 Å². The minimum atomic E-state index is -0.0553. The number of hydrogen-bond donors (Lipinski definition) is 1. The first kappa shape index (κ1) is 18.7. The van der Waals surface area contributed by atoms with Gasteiger partial charge in [-0.1, -0.05) is 26.7 Å². The number of ether oxygens (including phenoxy) is 2. The first-order chi connectivity index (χ1) is 12.6. The molecule has 140 valence electrons. The van der Waals surface area contributed by atoms with Gasteiger partial charge in [-0.15, -0.1) is 11.3 Å². The summed E-state index contributed by atoms with van der Waals surface area (Å²) in [6, 6.07) is 5.54. The van der Waals surface area contributed by atoms with Gasteiger partial charge in [-0.3, -0.25) is 4.79 Å². The molecule has 3 atom stereocenters. The van der Waals surface area contributed by atoms with Crippen molar-refractivity contribution in [1.29, 1.82) is 0 Å². The van der Waals surface area contributed by atoms with Gasteiger partial charge in [0.2, 0.25) is 0 Å². The second-order valence-corrected chi connectivity index (χ2v) is 7.70. The molecule has 0 radical (unpaired) electrons. The van der Waals surface area contributed by atoms with E-state index in [1.807, 2.05) is 5.38 Å². The molecule has 1 aliphatic rings. The van der Waals surface area contributed by atoms with Crippen molar-refractivity contribution in [3.05, 3.63) is 40.3 Å². The Kier molecular flexibility index (Phi) is 6.14. The smallest absolute Gasteiger partial charge is 0.251 e. The van der Waals surface area contributed by atoms with Crippen molar-refractivity contribution < 1.29 is 14.3 Å². The summed E-state index contributed by atoms with van der Waals surface area (Å²) in [6.45, 7) is 4.87. The van der Waals surface area contributed by atoms with Crippen molar-refractivity contribution in [1.82, 2.24) is 10.3 Å². The standard InChI is InChI=1S/C20H26N2O3S/c1-13-5-4-6-17(14(13)2)22-20(23)15-7-8-18(19(9-15)24-3)25-10-16-11-26-12-21-16/h7-9,11-14,17H,4-6,10H2,1-3H3,(H,22,23). The van der Waals surface area contributed by atoms with E-state index in [2.05, 4.69) is 24.1 Å². The topological polar surface area (TPSA) is 60.5 Å². The van der Waals surface area contributed by atoms with Gasteiger partial charge in [0.05, 0.1) is 18.3 Å². The van der Waals surface area contributed by atoms with Crippen LogP contribution in [0.3, 0.4) is 0 Å². The number of amides is 1. The van der Waals surface area contributed by atoms with Crippen molar-refractivity contribution in [2.75, 3.05) is 7.11 Å². The predicted molar refractivity (Wildman–Crippen MR) is 103 cm³/mol. The van der Waals surface area contributed by atoms with Crippen LogP contribution in [0, 0.1) is 11.8 Å². The molecule has 5 nitrogen and oxygen atoms in total. The van der Waals surface area contributed by atoms with Gasteiger partial charge in [-0.05, 0) is 36.5 Å². The Morgan fingerprint density at radius 1 is 1.31 bits per heavy atom. The molecular formula is C20H26N2O3S. The molecular weight excluding hydrogens is 348 g/mol. The summed E-state index contributed by atoms with van der Waals surface area (Å²) in [6.07, 6.45) is 3.46. The lowest BCUT2D eigenvalue weighted by molar-refractivity contribution is 0.0890. The number of benzene rings is 1. The number of nitrogens with zero attached hydrogens (tertiary/aromatic N) is 1. The SMILES string of the molecule is COc1cc(C(=O)NC2CCCC(C)C2C)ccc1OCc1cscn1. The third kappa shape index (κ3) is 4.36. The van der Waals surface area contributed by atoms with E-state index in [4.69, 9.17) is 9.47 Å². The number of methoxy groups -OCH3 is 1. The van der Waals surface area contributed by atoms with E-state index in [0.29, 0.717) is 35.5 Å². The highest BCUT2D eigenvalue weighted by atomic mass is 32.1. The molecule has 0 bridgehead atoms. The Bertz CT molecular complexity index is 733. The quantitative estimate of drug-likeness (QED) is 0.820. The summed E-state index contributed by atoms with van der Waals surface area (Å²) in [7, 11) is 1.58. The van der Waals surface area contributed by atoms with Crippen LogP contribution in [0.2, 0.25) is 0 Å². The molecule has 2 aromatic rings. The van der Waals surface area contributed by atoms with Gasteiger partial charge in [-0.2, -0.15) is 0 Å². The molecule has 1 fully saturated rings. The number of hydrogen-bond acceptors (Lipinski definition) is 5. The van der Waals surface area contributed by atoms with Gasteiger partial charge in [0, 0.05) is 17.0 Å². The Hall–Kier alpha value is -2.08. The summed E-state index contributed by atoms with van der Waals surface area (Å²) >= 11 is 1.53. The normalized spacial score (nSPS) is 22.7. The minimum Gasteiger partial charge on any atom is -0.493 e. The average molecular weight is 375 g/mol. The maximum Gasteiger partial charge on any atom is 0.251 e. The number of carbonyl (C=O) groups excluding carboxylic acids is 1. The molecule has 1 amide bonds. The van der Waals surface area contributed by atoms with E-state index in [1.165, 1.54) is 24.2 Å².